The number of benzene rings is 2. The van der Waals surface area contributed by atoms with Crippen molar-refractivity contribution in [2.45, 2.75) is 44.2 Å². The van der Waals surface area contributed by atoms with Gasteiger partial charge < -0.3 is 24.6 Å². The molecule has 0 spiro atoms. The van der Waals surface area contributed by atoms with Crippen LogP contribution >= 0.6 is 0 Å². The molecule has 7 nitrogen and oxygen atoms in total. The third-order valence-electron chi connectivity index (χ3n) is 6.59. The van der Waals surface area contributed by atoms with Crippen LogP contribution in [0.4, 0.5) is 5.69 Å². The fourth-order valence-corrected chi connectivity index (χ4v) is 4.80. The summed E-state index contributed by atoms with van der Waals surface area (Å²) >= 11 is 0. The number of anilines is 1. The average molecular weight is 452 g/mol. The highest BCUT2D eigenvalue weighted by Crippen LogP contribution is 2.35. The Morgan fingerprint density at radius 2 is 1.79 bits per heavy atom. The highest BCUT2D eigenvalue weighted by Gasteiger charge is 2.33. The van der Waals surface area contributed by atoms with Crippen LogP contribution in [0.3, 0.4) is 0 Å². The number of carbonyl (C=O) groups excluding carboxylic acids is 2. The molecule has 176 valence electrons. The maximum absolute atomic E-state index is 12.8. The lowest BCUT2D eigenvalue weighted by Gasteiger charge is -2.42. The van der Waals surface area contributed by atoms with E-state index in [1.165, 1.54) is 19.9 Å². The van der Waals surface area contributed by atoms with Crippen LogP contribution in [-0.4, -0.2) is 62.7 Å². The van der Waals surface area contributed by atoms with Gasteiger partial charge in [0.05, 0.1) is 19.3 Å². The molecule has 33 heavy (non-hydrogen) atoms. The van der Waals surface area contributed by atoms with Crippen molar-refractivity contribution < 1.29 is 19.1 Å². The fraction of sp³-hybridized carbons (Fsp3) is 0.462. The van der Waals surface area contributed by atoms with Crippen molar-refractivity contribution in [1.82, 2.24) is 10.2 Å². The Balaban J connectivity index is 1.55. The molecule has 1 heterocycles. The molecule has 2 aromatic rings. The van der Waals surface area contributed by atoms with Gasteiger partial charge in [0, 0.05) is 38.4 Å². The molecule has 1 N–H and O–H groups in total. The first-order chi connectivity index (χ1) is 16.1. The number of hydrogen-bond donors (Lipinski definition) is 1. The summed E-state index contributed by atoms with van der Waals surface area (Å²) in [5.41, 5.74) is 2.17. The highest BCUT2D eigenvalue weighted by atomic mass is 16.5. The lowest BCUT2D eigenvalue weighted by Crippen LogP contribution is -2.58. The van der Waals surface area contributed by atoms with Crippen LogP contribution in [0, 0.1) is 0 Å². The number of likely N-dealkylation sites (N-methyl/N-ethyl adjacent to an activating group) is 1. The first-order valence-corrected chi connectivity index (χ1v) is 11.7. The van der Waals surface area contributed by atoms with Gasteiger partial charge in [-0.1, -0.05) is 30.3 Å². The number of nitrogens with one attached hydrogen (secondary N) is 1. The van der Waals surface area contributed by atoms with Gasteiger partial charge in [0.2, 0.25) is 0 Å². The van der Waals surface area contributed by atoms with Crippen molar-refractivity contribution in [3.63, 3.8) is 0 Å². The summed E-state index contributed by atoms with van der Waals surface area (Å²) in [5.74, 6) is 0.460. The number of ether oxygens (including phenoxy) is 2. The molecule has 7 heteroatoms. The average Bonchev–Trinajstić information content (AvgIpc) is 3.37. The Labute approximate surface area is 195 Å². The van der Waals surface area contributed by atoms with Gasteiger partial charge in [-0.2, -0.15) is 0 Å². The zero-order valence-electron chi connectivity index (χ0n) is 19.5. The Hall–Kier alpha value is -3.22. The largest absolute Gasteiger partial charge is 0.493 e. The van der Waals surface area contributed by atoms with E-state index in [4.69, 9.17) is 9.47 Å². The molecule has 1 unspecified atom stereocenters. The SMILES string of the molecule is CNC(=O)C(=O)N1CCN(c2ccc(OC)c(OC3CCCC3)c2)CC1Cc1ccccc1. The molecule has 0 radical (unpaired) electrons. The van der Waals surface area contributed by atoms with E-state index < -0.39 is 11.8 Å². The van der Waals surface area contributed by atoms with E-state index >= 15 is 0 Å². The first-order valence-electron chi connectivity index (χ1n) is 11.7. The zero-order chi connectivity index (χ0) is 23.2. The molecule has 2 aliphatic rings. The minimum Gasteiger partial charge on any atom is -0.493 e. The molecular formula is C26H33N3O4. The molecule has 1 aliphatic heterocycles. The first kappa shape index (κ1) is 23.0. The third kappa shape index (κ3) is 5.41. The molecule has 2 amide bonds. The van der Waals surface area contributed by atoms with E-state index in [0.29, 0.717) is 26.1 Å². The van der Waals surface area contributed by atoms with Gasteiger partial charge in [-0.05, 0) is 49.8 Å². The second-order valence-corrected chi connectivity index (χ2v) is 8.73. The van der Waals surface area contributed by atoms with Gasteiger partial charge >= 0.3 is 11.8 Å². The summed E-state index contributed by atoms with van der Waals surface area (Å²) in [5, 5.41) is 2.47. The van der Waals surface area contributed by atoms with Crippen LogP contribution in [0.25, 0.3) is 0 Å². The monoisotopic (exact) mass is 451 g/mol. The number of carbonyl (C=O) groups is 2. The summed E-state index contributed by atoms with van der Waals surface area (Å²) < 4.78 is 11.8. The lowest BCUT2D eigenvalue weighted by molar-refractivity contribution is -0.147. The number of piperazine rings is 1. The molecule has 0 bridgehead atoms. The Morgan fingerprint density at radius 3 is 2.48 bits per heavy atom. The minimum absolute atomic E-state index is 0.118. The van der Waals surface area contributed by atoms with Gasteiger partial charge in [0.15, 0.2) is 11.5 Å². The van der Waals surface area contributed by atoms with Crippen LogP contribution < -0.4 is 19.7 Å². The standard InChI is InChI=1S/C26H33N3O4/c1-27-25(30)26(31)29-15-14-28(18-21(29)16-19-8-4-3-5-9-19)20-12-13-23(32-2)24(17-20)33-22-10-6-7-11-22/h3-5,8-9,12-13,17,21-22H,6-7,10-11,14-16,18H2,1-2H3,(H,27,30). The molecule has 2 aromatic carbocycles. The summed E-state index contributed by atoms with van der Waals surface area (Å²) in [6.07, 6.45) is 5.48. The molecular weight excluding hydrogens is 418 g/mol. The topological polar surface area (TPSA) is 71.1 Å². The lowest BCUT2D eigenvalue weighted by atomic mass is 10.0. The Morgan fingerprint density at radius 1 is 1.03 bits per heavy atom. The second kappa shape index (κ2) is 10.6. The molecule has 4 rings (SSSR count). The number of methoxy groups -OCH3 is 1. The highest BCUT2D eigenvalue weighted by molar-refractivity contribution is 6.35. The van der Waals surface area contributed by atoms with E-state index in [-0.39, 0.29) is 12.1 Å². The van der Waals surface area contributed by atoms with Gasteiger partial charge in [-0.25, -0.2) is 0 Å². The number of amides is 2. The van der Waals surface area contributed by atoms with E-state index in [0.717, 1.165) is 35.6 Å². The second-order valence-electron chi connectivity index (χ2n) is 8.73. The molecule has 2 fully saturated rings. The normalized spacial score (nSPS) is 18.8. The quantitative estimate of drug-likeness (QED) is 0.684. The molecule has 1 atom stereocenters. The van der Waals surface area contributed by atoms with Crippen molar-refractivity contribution in [3.05, 3.63) is 54.1 Å². The number of nitrogens with zero attached hydrogens (tertiary/aromatic N) is 2. The zero-order valence-corrected chi connectivity index (χ0v) is 19.5. The van der Waals surface area contributed by atoms with E-state index in [9.17, 15) is 9.59 Å². The van der Waals surface area contributed by atoms with Crippen molar-refractivity contribution >= 4 is 17.5 Å². The Kier molecular flexibility index (Phi) is 7.37. The van der Waals surface area contributed by atoms with E-state index in [2.05, 4.69) is 22.3 Å². The Bertz CT molecular complexity index is 959. The van der Waals surface area contributed by atoms with Crippen molar-refractivity contribution in [2.24, 2.45) is 0 Å². The summed E-state index contributed by atoms with van der Waals surface area (Å²) in [6.45, 7) is 1.75. The van der Waals surface area contributed by atoms with Crippen LogP contribution in [0.5, 0.6) is 11.5 Å². The van der Waals surface area contributed by atoms with Gasteiger partial charge in [-0.15, -0.1) is 0 Å². The fourth-order valence-electron chi connectivity index (χ4n) is 4.80. The van der Waals surface area contributed by atoms with Crippen LogP contribution in [0.2, 0.25) is 0 Å². The third-order valence-corrected chi connectivity index (χ3v) is 6.59. The number of hydrogen-bond acceptors (Lipinski definition) is 5. The molecule has 1 saturated carbocycles. The molecule has 0 aromatic heterocycles. The minimum atomic E-state index is -0.571. The molecule has 1 aliphatic carbocycles. The van der Waals surface area contributed by atoms with Crippen LogP contribution in [0.1, 0.15) is 31.2 Å². The maximum Gasteiger partial charge on any atom is 0.312 e. The predicted octanol–water partition coefficient (Wildman–Crippen LogP) is 3.02. The maximum atomic E-state index is 12.8. The van der Waals surface area contributed by atoms with Crippen molar-refractivity contribution in [2.75, 3.05) is 38.7 Å². The summed E-state index contributed by atoms with van der Waals surface area (Å²) in [4.78, 5) is 28.8. The van der Waals surface area contributed by atoms with Gasteiger partial charge in [0.1, 0.15) is 0 Å². The van der Waals surface area contributed by atoms with Crippen LogP contribution in [0.15, 0.2) is 48.5 Å². The predicted molar refractivity (Wildman–Crippen MR) is 128 cm³/mol. The van der Waals surface area contributed by atoms with E-state index in [1.54, 1.807) is 12.0 Å². The van der Waals surface area contributed by atoms with Crippen molar-refractivity contribution in [3.8, 4) is 11.5 Å². The van der Waals surface area contributed by atoms with Crippen LogP contribution in [-0.2, 0) is 16.0 Å². The number of rotatable bonds is 6. The van der Waals surface area contributed by atoms with Crippen molar-refractivity contribution in [1.29, 1.82) is 0 Å². The smallest absolute Gasteiger partial charge is 0.312 e. The summed E-state index contributed by atoms with van der Waals surface area (Å²) in [6, 6.07) is 16.0. The van der Waals surface area contributed by atoms with Gasteiger partial charge in [0.25, 0.3) is 0 Å². The molecule has 1 saturated heterocycles. The van der Waals surface area contributed by atoms with E-state index in [1.807, 2.05) is 36.4 Å². The van der Waals surface area contributed by atoms with Gasteiger partial charge in [-0.3, -0.25) is 9.59 Å². The summed E-state index contributed by atoms with van der Waals surface area (Å²) in [7, 11) is 3.15.